The minimum atomic E-state index is -0.287. The summed E-state index contributed by atoms with van der Waals surface area (Å²) in [6, 6.07) is 0. The summed E-state index contributed by atoms with van der Waals surface area (Å²) in [5.41, 5.74) is 0.510. The van der Waals surface area contributed by atoms with Crippen LogP contribution in [0.25, 0.3) is 0 Å². The van der Waals surface area contributed by atoms with E-state index in [0.29, 0.717) is 5.92 Å². The van der Waals surface area contributed by atoms with Crippen molar-refractivity contribution in [2.24, 2.45) is 17.3 Å². The fraction of sp³-hybridized carbons (Fsp3) is 0.615. The largest absolute Gasteiger partial charge is 0.393 e. The second-order valence-corrected chi connectivity index (χ2v) is 5.22. The van der Waals surface area contributed by atoms with Gasteiger partial charge in [-0.05, 0) is 37.2 Å². The highest BCUT2D eigenvalue weighted by Gasteiger charge is 2.54. The van der Waals surface area contributed by atoms with Crippen LogP contribution in [0, 0.1) is 17.3 Å². The number of hydrogen-bond acceptors (Lipinski definition) is 2. The second kappa shape index (κ2) is 2.82. The number of carbonyl (C=O) groups is 1. The monoisotopic (exact) mass is 204 g/mol. The van der Waals surface area contributed by atoms with Crippen molar-refractivity contribution in [1.29, 1.82) is 0 Å². The number of carbonyl (C=O) groups excluding carboxylic acids is 1. The number of hydrogen-bond donors (Lipinski definition) is 1. The number of aliphatic hydroxyl groups excluding tert-OH is 1. The average Bonchev–Trinajstić information content (AvgIpc) is 2.24. The first-order valence-electron chi connectivity index (χ1n) is 5.74. The van der Waals surface area contributed by atoms with Crippen molar-refractivity contribution in [1.82, 2.24) is 0 Å². The molecule has 0 aromatic heterocycles. The van der Waals surface area contributed by atoms with Crippen molar-refractivity contribution < 1.29 is 9.90 Å². The SMILES string of the molecule is C=C1C(=O)C23C=CC1C[C@H]2CC(O)CC3. The zero-order valence-electron chi connectivity index (χ0n) is 8.78. The average molecular weight is 204 g/mol. The van der Waals surface area contributed by atoms with Crippen molar-refractivity contribution in [3.05, 3.63) is 24.3 Å². The van der Waals surface area contributed by atoms with Crippen LogP contribution in [0.2, 0.25) is 0 Å². The third-order valence-electron chi connectivity index (χ3n) is 4.50. The predicted molar refractivity (Wildman–Crippen MR) is 57.2 cm³/mol. The number of rotatable bonds is 0. The van der Waals surface area contributed by atoms with Gasteiger partial charge in [0, 0.05) is 5.92 Å². The zero-order valence-corrected chi connectivity index (χ0v) is 8.78. The van der Waals surface area contributed by atoms with Gasteiger partial charge in [-0.15, -0.1) is 0 Å². The molecule has 0 heterocycles. The van der Waals surface area contributed by atoms with Crippen LogP contribution in [0.1, 0.15) is 25.7 Å². The van der Waals surface area contributed by atoms with Gasteiger partial charge in [-0.3, -0.25) is 4.79 Å². The van der Waals surface area contributed by atoms with E-state index in [1.807, 2.05) is 0 Å². The quantitative estimate of drug-likeness (QED) is 0.483. The molecule has 80 valence electrons. The van der Waals surface area contributed by atoms with Crippen LogP contribution in [0.5, 0.6) is 0 Å². The molecule has 0 aromatic carbocycles. The van der Waals surface area contributed by atoms with Gasteiger partial charge >= 0.3 is 0 Å². The Balaban J connectivity index is 2.05. The lowest BCUT2D eigenvalue weighted by atomic mass is 9.52. The van der Waals surface area contributed by atoms with Crippen molar-refractivity contribution in [2.75, 3.05) is 0 Å². The maximum Gasteiger partial charge on any atom is 0.169 e. The lowest BCUT2D eigenvalue weighted by Gasteiger charge is -2.51. The van der Waals surface area contributed by atoms with Gasteiger partial charge in [0.05, 0.1) is 11.5 Å². The number of ketones is 1. The minimum absolute atomic E-state index is 0.200. The highest BCUT2D eigenvalue weighted by molar-refractivity contribution is 6.03. The Labute approximate surface area is 89.7 Å². The summed E-state index contributed by atoms with van der Waals surface area (Å²) >= 11 is 0. The van der Waals surface area contributed by atoms with E-state index in [2.05, 4.69) is 18.7 Å². The Hall–Kier alpha value is -0.890. The number of fused-ring (bicyclic) bond motifs is 1. The molecule has 0 amide bonds. The summed E-state index contributed by atoms with van der Waals surface area (Å²) in [7, 11) is 0. The third-order valence-corrected chi connectivity index (χ3v) is 4.50. The molecule has 4 aliphatic rings. The van der Waals surface area contributed by atoms with E-state index < -0.39 is 0 Å². The molecule has 2 saturated carbocycles. The van der Waals surface area contributed by atoms with Gasteiger partial charge in [0.15, 0.2) is 5.78 Å². The molecule has 0 aromatic rings. The first-order chi connectivity index (χ1) is 7.13. The molecule has 4 rings (SSSR count). The molecule has 1 N–H and O–H groups in total. The number of aliphatic hydroxyl groups is 1. The van der Waals surface area contributed by atoms with Crippen molar-refractivity contribution in [3.8, 4) is 0 Å². The van der Waals surface area contributed by atoms with E-state index in [1.165, 1.54) is 0 Å². The van der Waals surface area contributed by atoms with Crippen molar-refractivity contribution in [3.63, 3.8) is 0 Å². The Kier molecular flexibility index (Phi) is 1.76. The van der Waals surface area contributed by atoms with Crippen LogP contribution in [-0.4, -0.2) is 17.0 Å². The van der Waals surface area contributed by atoms with E-state index in [9.17, 15) is 9.90 Å². The van der Waals surface area contributed by atoms with E-state index >= 15 is 0 Å². The number of allylic oxidation sites excluding steroid dienone is 3. The second-order valence-electron chi connectivity index (χ2n) is 5.22. The highest BCUT2D eigenvalue weighted by atomic mass is 16.3. The normalized spacial score (nSPS) is 48.2. The summed E-state index contributed by atoms with van der Waals surface area (Å²) in [6.07, 6.45) is 7.42. The molecule has 15 heavy (non-hydrogen) atoms. The lowest BCUT2D eigenvalue weighted by Crippen LogP contribution is -2.51. The Morgan fingerprint density at radius 2 is 2.27 bits per heavy atom. The first-order valence-corrected chi connectivity index (χ1v) is 5.74. The molecule has 0 radical (unpaired) electrons. The fourth-order valence-electron chi connectivity index (χ4n) is 3.57. The van der Waals surface area contributed by atoms with Crippen LogP contribution >= 0.6 is 0 Å². The predicted octanol–water partition coefficient (Wildman–Crippen LogP) is 1.85. The van der Waals surface area contributed by atoms with Crippen molar-refractivity contribution >= 4 is 5.78 Å². The van der Waals surface area contributed by atoms with E-state index in [-0.39, 0.29) is 23.2 Å². The summed E-state index contributed by atoms with van der Waals surface area (Å²) < 4.78 is 0. The van der Waals surface area contributed by atoms with Crippen LogP contribution in [0.3, 0.4) is 0 Å². The maximum atomic E-state index is 12.2. The molecule has 2 bridgehead atoms. The van der Waals surface area contributed by atoms with Gasteiger partial charge in [0.2, 0.25) is 0 Å². The Morgan fingerprint density at radius 3 is 3.07 bits per heavy atom. The highest BCUT2D eigenvalue weighted by Crippen LogP contribution is 2.55. The molecule has 2 fully saturated rings. The molecule has 4 aliphatic carbocycles. The fourth-order valence-corrected chi connectivity index (χ4v) is 3.57. The summed E-state index contributed by atoms with van der Waals surface area (Å²) in [6.45, 7) is 3.92. The van der Waals surface area contributed by atoms with Gasteiger partial charge in [-0.1, -0.05) is 18.7 Å². The number of Topliss-reactive ketones (excluding diaryl/α,β-unsaturated/α-hetero) is 1. The van der Waals surface area contributed by atoms with E-state index in [4.69, 9.17) is 0 Å². The molecule has 1 spiro atoms. The van der Waals surface area contributed by atoms with E-state index in [1.54, 1.807) is 0 Å². The Morgan fingerprint density at radius 1 is 1.47 bits per heavy atom. The summed E-state index contributed by atoms with van der Waals surface area (Å²) in [5.74, 6) is 0.849. The molecule has 3 unspecified atom stereocenters. The molecule has 4 atom stereocenters. The standard InChI is InChI=1S/C13H16O2/c1-8-9-2-4-13(12(8)15)5-3-11(14)7-10(13)6-9/h2,4,9-11,14H,1,3,5-7H2/t9?,10-,11?,13?/m0/s1. The minimum Gasteiger partial charge on any atom is -0.393 e. The molecular weight excluding hydrogens is 188 g/mol. The molecule has 2 heteroatoms. The first kappa shape index (κ1) is 9.34. The lowest BCUT2D eigenvalue weighted by molar-refractivity contribution is -0.133. The smallest absolute Gasteiger partial charge is 0.169 e. The van der Waals surface area contributed by atoms with Crippen LogP contribution in [-0.2, 0) is 4.79 Å². The van der Waals surface area contributed by atoms with Crippen LogP contribution in [0.15, 0.2) is 24.3 Å². The van der Waals surface area contributed by atoms with Gasteiger partial charge in [0.25, 0.3) is 0 Å². The van der Waals surface area contributed by atoms with E-state index in [0.717, 1.165) is 31.3 Å². The summed E-state index contributed by atoms with van der Waals surface area (Å²) in [5, 5.41) is 9.67. The Bertz CT molecular complexity index is 369. The molecule has 0 aliphatic heterocycles. The van der Waals surface area contributed by atoms with Crippen LogP contribution < -0.4 is 0 Å². The molecular formula is C13H16O2. The topological polar surface area (TPSA) is 37.3 Å². The molecule has 2 nitrogen and oxygen atoms in total. The molecule has 0 saturated heterocycles. The van der Waals surface area contributed by atoms with Crippen molar-refractivity contribution in [2.45, 2.75) is 31.8 Å². The maximum absolute atomic E-state index is 12.2. The van der Waals surface area contributed by atoms with Gasteiger partial charge < -0.3 is 5.11 Å². The van der Waals surface area contributed by atoms with Gasteiger partial charge in [-0.2, -0.15) is 0 Å². The third kappa shape index (κ3) is 1.06. The summed E-state index contributed by atoms with van der Waals surface area (Å²) in [4.78, 5) is 12.2. The van der Waals surface area contributed by atoms with Gasteiger partial charge in [0.1, 0.15) is 0 Å². The zero-order chi connectivity index (χ0) is 10.6. The van der Waals surface area contributed by atoms with Crippen LogP contribution in [0.4, 0.5) is 0 Å². The van der Waals surface area contributed by atoms with Gasteiger partial charge in [-0.25, -0.2) is 0 Å².